The largest absolute Gasteiger partial charge is 0.387 e. The zero-order chi connectivity index (χ0) is 29.4. The Hall–Kier alpha value is -3.31. The number of aliphatic hydroxyl groups excluding tert-OH is 1. The molecule has 0 aliphatic carbocycles. The number of aryl methyl sites for hydroxylation is 1. The number of aliphatic hydroxyl groups is 1. The third-order valence-electron chi connectivity index (χ3n) is 7.49. The Labute approximate surface area is 252 Å². The summed E-state index contributed by atoms with van der Waals surface area (Å²) >= 11 is 1.37. The second kappa shape index (κ2) is 14.2. The summed E-state index contributed by atoms with van der Waals surface area (Å²) in [5, 5.41) is 19.4. The van der Waals surface area contributed by atoms with Crippen molar-refractivity contribution in [1.82, 2.24) is 15.3 Å². The van der Waals surface area contributed by atoms with Crippen molar-refractivity contribution in [3.8, 4) is 0 Å². The van der Waals surface area contributed by atoms with Crippen LogP contribution in [0.3, 0.4) is 0 Å². The van der Waals surface area contributed by atoms with Gasteiger partial charge in [0.25, 0.3) is 10.0 Å². The van der Waals surface area contributed by atoms with Gasteiger partial charge in [-0.15, -0.1) is 11.3 Å². The molecule has 5 rings (SSSR count). The van der Waals surface area contributed by atoms with Gasteiger partial charge >= 0.3 is 0 Å². The molecule has 1 unspecified atom stereocenters. The van der Waals surface area contributed by atoms with Crippen LogP contribution in [0.5, 0.6) is 0 Å². The number of nitrogens with zero attached hydrogens (tertiary/aromatic N) is 3. The van der Waals surface area contributed by atoms with E-state index in [4.69, 9.17) is 4.98 Å². The van der Waals surface area contributed by atoms with Crippen molar-refractivity contribution in [2.75, 3.05) is 29.3 Å². The zero-order valence-corrected chi connectivity index (χ0v) is 25.6. The number of hydrogen-bond donors (Lipinski definition) is 3. The summed E-state index contributed by atoms with van der Waals surface area (Å²) in [5.41, 5.74) is 5.35. The average Bonchev–Trinajstić information content (AvgIpc) is 3.68. The number of aromatic nitrogens is 2. The number of anilines is 3. The Morgan fingerprint density at radius 2 is 1.95 bits per heavy atom. The summed E-state index contributed by atoms with van der Waals surface area (Å²) in [6, 6.07) is 16.6. The van der Waals surface area contributed by atoms with Crippen molar-refractivity contribution in [2.45, 2.75) is 62.9 Å². The van der Waals surface area contributed by atoms with Crippen LogP contribution in [0.25, 0.3) is 0 Å². The van der Waals surface area contributed by atoms with Crippen LogP contribution in [-0.4, -0.2) is 43.1 Å². The van der Waals surface area contributed by atoms with Crippen molar-refractivity contribution in [3.05, 3.63) is 94.8 Å². The molecule has 0 spiro atoms. The lowest BCUT2D eigenvalue weighted by atomic mass is 10.1. The maximum atomic E-state index is 14.2. The normalized spacial score (nSPS) is 13.5. The molecule has 222 valence electrons. The van der Waals surface area contributed by atoms with E-state index in [1.54, 1.807) is 24.5 Å². The second-order valence-electron chi connectivity index (χ2n) is 10.6. The standard InChI is InChI=1S/C32H39N5O3S2/c1-2-3-4-5-8-27-23-41-32(36-27)37(42(39,40)29-13-14-30-25(20-29)16-19-35-30)28-11-9-24(10-12-28)15-18-34-22-31(38)26-7-6-17-33-21-26/h6-7,9-14,17,20-21,23,31,34-35,38H,2-5,8,15-16,18-19,22H2,1H3. The zero-order valence-electron chi connectivity index (χ0n) is 24.0. The Kier molecular flexibility index (Phi) is 10.2. The first-order chi connectivity index (χ1) is 20.5. The molecule has 3 heterocycles. The Morgan fingerprint density at radius 3 is 2.74 bits per heavy atom. The first-order valence-electron chi connectivity index (χ1n) is 14.7. The first-order valence-corrected chi connectivity index (χ1v) is 17.0. The van der Waals surface area contributed by atoms with E-state index < -0.39 is 16.1 Å². The lowest BCUT2D eigenvalue weighted by Gasteiger charge is -2.22. The van der Waals surface area contributed by atoms with Crippen molar-refractivity contribution >= 4 is 37.9 Å². The molecule has 1 aliphatic heterocycles. The van der Waals surface area contributed by atoms with Gasteiger partial charge in [-0.25, -0.2) is 17.7 Å². The third kappa shape index (κ3) is 7.36. The van der Waals surface area contributed by atoms with E-state index in [1.165, 1.54) is 28.5 Å². The molecule has 42 heavy (non-hydrogen) atoms. The number of thiazole rings is 1. The molecule has 0 amide bonds. The van der Waals surface area contributed by atoms with Gasteiger partial charge in [-0.3, -0.25) is 4.98 Å². The average molecular weight is 606 g/mol. The van der Waals surface area contributed by atoms with Gasteiger partial charge in [0.15, 0.2) is 0 Å². The van der Waals surface area contributed by atoms with E-state index in [0.717, 1.165) is 66.7 Å². The molecule has 3 N–H and O–H groups in total. The van der Waals surface area contributed by atoms with Crippen LogP contribution in [0.15, 0.2) is 77.3 Å². The predicted octanol–water partition coefficient (Wildman–Crippen LogP) is 6.02. The van der Waals surface area contributed by atoms with E-state index in [2.05, 4.69) is 22.5 Å². The number of nitrogens with one attached hydrogen (secondary N) is 2. The quantitative estimate of drug-likeness (QED) is 0.142. The van der Waals surface area contributed by atoms with E-state index in [0.29, 0.717) is 23.9 Å². The van der Waals surface area contributed by atoms with Gasteiger partial charge in [0.2, 0.25) is 5.13 Å². The highest BCUT2D eigenvalue weighted by Crippen LogP contribution is 2.36. The monoisotopic (exact) mass is 605 g/mol. The topological polar surface area (TPSA) is 107 Å². The fourth-order valence-electron chi connectivity index (χ4n) is 5.10. The van der Waals surface area contributed by atoms with E-state index >= 15 is 0 Å². The Bertz CT molecular complexity index is 1540. The van der Waals surface area contributed by atoms with Crippen molar-refractivity contribution < 1.29 is 13.5 Å². The molecule has 2 aromatic carbocycles. The summed E-state index contributed by atoms with van der Waals surface area (Å²) in [6.07, 6.45) is 9.68. The smallest absolute Gasteiger partial charge is 0.270 e. The van der Waals surface area contributed by atoms with Crippen molar-refractivity contribution in [3.63, 3.8) is 0 Å². The van der Waals surface area contributed by atoms with E-state index in [-0.39, 0.29) is 4.90 Å². The lowest BCUT2D eigenvalue weighted by Crippen LogP contribution is -2.26. The Balaban J connectivity index is 1.32. The molecule has 0 saturated carbocycles. The number of unbranched alkanes of at least 4 members (excludes halogenated alkanes) is 3. The van der Waals surface area contributed by atoms with Crippen molar-refractivity contribution in [1.29, 1.82) is 0 Å². The SMILES string of the molecule is CCCCCCc1csc(N(c2ccc(CCNCC(O)c3cccnc3)cc2)S(=O)(=O)c2ccc3c(c2)CCN3)n1. The van der Waals surface area contributed by atoms with Crippen LogP contribution in [-0.2, 0) is 29.3 Å². The van der Waals surface area contributed by atoms with Crippen LogP contribution < -0.4 is 14.9 Å². The molecule has 1 atom stereocenters. The number of fused-ring (bicyclic) bond motifs is 1. The van der Waals surface area contributed by atoms with Gasteiger partial charge in [-0.1, -0.05) is 44.4 Å². The second-order valence-corrected chi connectivity index (χ2v) is 13.2. The fraction of sp³-hybridized carbons (Fsp3) is 0.375. The van der Waals surface area contributed by atoms with Gasteiger partial charge in [0.05, 0.1) is 22.4 Å². The van der Waals surface area contributed by atoms with Gasteiger partial charge in [0.1, 0.15) is 0 Å². The molecule has 0 bridgehead atoms. The number of sulfonamides is 1. The maximum absolute atomic E-state index is 14.2. The highest BCUT2D eigenvalue weighted by Gasteiger charge is 2.30. The first kappa shape index (κ1) is 30.2. The minimum absolute atomic E-state index is 0.269. The molecule has 4 aromatic rings. The molecule has 10 heteroatoms. The van der Waals surface area contributed by atoms with Gasteiger partial charge in [-0.05, 0) is 79.8 Å². The minimum atomic E-state index is -3.91. The summed E-state index contributed by atoms with van der Waals surface area (Å²) in [4.78, 5) is 9.11. The lowest BCUT2D eigenvalue weighted by molar-refractivity contribution is 0.174. The Morgan fingerprint density at radius 1 is 1.10 bits per heavy atom. The van der Waals surface area contributed by atoms with Crippen LogP contribution >= 0.6 is 11.3 Å². The molecule has 1 aliphatic rings. The maximum Gasteiger partial charge on any atom is 0.270 e. The molecule has 0 saturated heterocycles. The third-order valence-corrected chi connectivity index (χ3v) is 10.2. The van der Waals surface area contributed by atoms with Crippen LogP contribution in [0, 0.1) is 0 Å². The molecule has 0 fully saturated rings. The fourth-order valence-corrected chi connectivity index (χ4v) is 7.69. The summed E-state index contributed by atoms with van der Waals surface area (Å²) in [5.74, 6) is 0. The number of benzene rings is 2. The predicted molar refractivity (Wildman–Crippen MR) is 170 cm³/mol. The highest BCUT2D eigenvalue weighted by molar-refractivity contribution is 7.93. The van der Waals surface area contributed by atoms with Gasteiger partial charge < -0.3 is 15.7 Å². The summed E-state index contributed by atoms with van der Waals surface area (Å²) < 4.78 is 29.7. The van der Waals surface area contributed by atoms with Gasteiger partial charge in [0, 0.05) is 42.1 Å². The molecular formula is C32H39N5O3S2. The molecule has 2 aromatic heterocycles. The minimum Gasteiger partial charge on any atom is -0.387 e. The number of hydrogen-bond acceptors (Lipinski definition) is 8. The van der Waals surface area contributed by atoms with Crippen LogP contribution in [0.1, 0.15) is 61.1 Å². The van der Waals surface area contributed by atoms with Gasteiger partial charge in [-0.2, -0.15) is 0 Å². The summed E-state index contributed by atoms with van der Waals surface area (Å²) in [6.45, 7) is 4.11. The number of pyridine rings is 1. The highest BCUT2D eigenvalue weighted by atomic mass is 32.2. The van der Waals surface area contributed by atoms with E-state index in [9.17, 15) is 13.5 Å². The molecule has 8 nitrogen and oxygen atoms in total. The number of rotatable bonds is 15. The van der Waals surface area contributed by atoms with E-state index in [1.807, 2.05) is 47.8 Å². The van der Waals surface area contributed by atoms with Crippen LogP contribution in [0.2, 0.25) is 0 Å². The summed E-state index contributed by atoms with van der Waals surface area (Å²) in [7, 11) is -3.91. The van der Waals surface area contributed by atoms with Crippen LogP contribution in [0.4, 0.5) is 16.5 Å². The molecular weight excluding hydrogens is 567 g/mol. The van der Waals surface area contributed by atoms with Crippen molar-refractivity contribution in [2.24, 2.45) is 0 Å². The molecule has 0 radical (unpaired) electrons.